The lowest BCUT2D eigenvalue weighted by molar-refractivity contribution is -0.149. The molecule has 0 aliphatic carbocycles. The van der Waals surface area contributed by atoms with Crippen LogP contribution in [0.4, 0.5) is 14.5 Å². The van der Waals surface area contributed by atoms with Crippen molar-refractivity contribution in [1.29, 1.82) is 0 Å². The molecule has 6 heteroatoms. The molecule has 1 unspecified atom stereocenters. The average Bonchev–Trinajstić information content (AvgIpc) is 2.39. The van der Waals surface area contributed by atoms with Crippen LogP contribution in [0.25, 0.3) is 0 Å². The molecule has 2 rings (SSSR count). The maximum Gasteiger partial charge on any atom is 0.318 e. The van der Waals surface area contributed by atoms with Crippen molar-refractivity contribution in [3.63, 3.8) is 0 Å². The van der Waals surface area contributed by atoms with Crippen LogP contribution in [0.1, 0.15) is 6.42 Å². The Balaban J connectivity index is 2.22. The first-order valence-corrected chi connectivity index (χ1v) is 5.83. The number of hydrogen-bond acceptors (Lipinski definition) is 4. The number of halogens is 2. The van der Waals surface area contributed by atoms with Gasteiger partial charge < -0.3 is 9.64 Å². The standard InChI is InChI=1S/C13H13F2NO3/c1-19-13(18)9-7-16(5-4-12(9)17)11-3-2-8(14)6-10(11)15/h2-3,6,9H,4-5,7H2,1H3. The second-order valence-electron chi connectivity index (χ2n) is 4.33. The number of hydrogen-bond donors (Lipinski definition) is 0. The van der Waals surface area contributed by atoms with E-state index in [9.17, 15) is 18.4 Å². The Kier molecular flexibility index (Phi) is 3.78. The summed E-state index contributed by atoms with van der Waals surface area (Å²) < 4.78 is 31.1. The van der Waals surface area contributed by atoms with Crippen LogP contribution in [0.15, 0.2) is 18.2 Å². The second kappa shape index (κ2) is 5.34. The smallest absolute Gasteiger partial charge is 0.318 e. The number of benzene rings is 1. The van der Waals surface area contributed by atoms with E-state index >= 15 is 0 Å². The van der Waals surface area contributed by atoms with E-state index in [1.54, 1.807) is 4.90 Å². The zero-order chi connectivity index (χ0) is 14.0. The van der Waals surface area contributed by atoms with E-state index in [1.807, 2.05) is 0 Å². The lowest BCUT2D eigenvalue weighted by atomic mass is 9.96. The van der Waals surface area contributed by atoms with Crippen molar-refractivity contribution < 1.29 is 23.1 Å². The molecule has 19 heavy (non-hydrogen) atoms. The minimum absolute atomic E-state index is 0.0497. The maximum atomic E-state index is 13.7. The van der Waals surface area contributed by atoms with Gasteiger partial charge in [-0.15, -0.1) is 0 Å². The second-order valence-corrected chi connectivity index (χ2v) is 4.33. The van der Waals surface area contributed by atoms with E-state index in [4.69, 9.17) is 0 Å². The number of esters is 1. The minimum Gasteiger partial charge on any atom is -0.468 e. The van der Waals surface area contributed by atoms with Crippen LogP contribution in [0.3, 0.4) is 0 Å². The molecule has 1 aliphatic heterocycles. The van der Waals surface area contributed by atoms with Gasteiger partial charge >= 0.3 is 5.97 Å². The molecular weight excluding hydrogens is 256 g/mol. The highest BCUT2D eigenvalue weighted by Gasteiger charge is 2.34. The molecule has 4 nitrogen and oxygen atoms in total. The number of carbonyl (C=O) groups is 2. The van der Waals surface area contributed by atoms with Gasteiger partial charge in [0.2, 0.25) is 0 Å². The van der Waals surface area contributed by atoms with Gasteiger partial charge in [-0.2, -0.15) is 0 Å². The summed E-state index contributed by atoms with van der Waals surface area (Å²) in [6, 6.07) is 3.22. The summed E-state index contributed by atoms with van der Waals surface area (Å²) in [4.78, 5) is 24.7. The van der Waals surface area contributed by atoms with Crippen molar-refractivity contribution in [2.75, 3.05) is 25.1 Å². The average molecular weight is 269 g/mol. The predicted molar refractivity (Wildman–Crippen MR) is 63.7 cm³/mol. The number of anilines is 1. The topological polar surface area (TPSA) is 46.6 Å². The molecular formula is C13H13F2NO3. The van der Waals surface area contributed by atoms with Crippen molar-refractivity contribution in [3.8, 4) is 0 Å². The number of ether oxygens (including phenoxy) is 1. The number of carbonyl (C=O) groups excluding carboxylic acids is 2. The maximum absolute atomic E-state index is 13.7. The third kappa shape index (κ3) is 2.72. The van der Waals surface area contributed by atoms with Gasteiger partial charge in [0.25, 0.3) is 0 Å². The fourth-order valence-corrected chi connectivity index (χ4v) is 2.14. The van der Waals surface area contributed by atoms with Crippen molar-refractivity contribution >= 4 is 17.4 Å². The fraction of sp³-hybridized carbons (Fsp3) is 0.385. The Bertz CT molecular complexity index is 511. The van der Waals surface area contributed by atoms with Gasteiger partial charge in [-0.1, -0.05) is 0 Å². The van der Waals surface area contributed by atoms with E-state index in [0.717, 1.165) is 12.1 Å². The van der Waals surface area contributed by atoms with Crippen LogP contribution >= 0.6 is 0 Å². The summed E-state index contributed by atoms with van der Waals surface area (Å²) in [5.74, 6) is -3.14. The number of ketones is 1. The summed E-state index contributed by atoms with van der Waals surface area (Å²) in [6.07, 6.45) is 0.135. The van der Waals surface area contributed by atoms with E-state index < -0.39 is 23.5 Å². The normalized spacial score (nSPS) is 19.4. The number of methoxy groups -OCH3 is 1. The highest BCUT2D eigenvalue weighted by atomic mass is 19.1. The van der Waals surface area contributed by atoms with Crippen LogP contribution in [0.2, 0.25) is 0 Å². The Labute approximate surface area is 109 Å². The molecule has 1 heterocycles. The number of nitrogens with zero attached hydrogens (tertiary/aromatic N) is 1. The zero-order valence-corrected chi connectivity index (χ0v) is 10.4. The highest BCUT2D eigenvalue weighted by Crippen LogP contribution is 2.25. The molecule has 102 valence electrons. The molecule has 1 aromatic rings. The molecule has 0 N–H and O–H groups in total. The first-order valence-electron chi connectivity index (χ1n) is 5.83. The quantitative estimate of drug-likeness (QED) is 0.603. The van der Waals surface area contributed by atoms with Gasteiger partial charge in [0, 0.05) is 25.6 Å². The first kappa shape index (κ1) is 13.5. The monoisotopic (exact) mass is 269 g/mol. The molecule has 0 bridgehead atoms. The third-order valence-corrected chi connectivity index (χ3v) is 3.16. The first-order chi connectivity index (χ1) is 9.02. The van der Waals surface area contributed by atoms with Gasteiger partial charge in [-0.05, 0) is 12.1 Å². The van der Waals surface area contributed by atoms with E-state index in [1.165, 1.54) is 13.2 Å². The largest absolute Gasteiger partial charge is 0.468 e. The Hall–Kier alpha value is -1.98. The molecule has 0 radical (unpaired) electrons. The Morgan fingerprint density at radius 2 is 2.16 bits per heavy atom. The van der Waals surface area contributed by atoms with Crippen LogP contribution < -0.4 is 4.90 Å². The molecule has 1 atom stereocenters. The summed E-state index contributed by atoms with van der Waals surface area (Å²) in [6.45, 7) is 0.350. The molecule has 0 saturated carbocycles. The zero-order valence-electron chi connectivity index (χ0n) is 10.4. The number of piperidine rings is 1. The highest BCUT2D eigenvalue weighted by molar-refractivity contribution is 6.00. The number of rotatable bonds is 2. The Morgan fingerprint density at radius 1 is 1.42 bits per heavy atom. The third-order valence-electron chi connectivity index (χ3n) is 3.16. The van der Waals surface area contributed by atoms with Gasteiger partial charge in [0.1, 0.15) is 17.6 Å². The van der Waals surface area contributed by atoms with Crippen LogP contribution in [0, 0.1) is 17.6 Å². The molecule has 0 spiro atoms. The van der Waals surface area contributed by atoms with Crippen LogP contribution in [-0.2, 0) is 14.3 Å². The lowest BCUT2D eigenvalue weighted by Gasteiger charge is -2.32. The molecule has 1 fully saturated rings. The Morgan fingerprint density at radius 3 is 2.79 bits per heavy atom. The molecule has 0 aromatic heterocycles. The molecule has 0 amide bonds. The van der Waals surface area contributed by atoms with Gasteiger partial charge in [0.15, 0.2) is 5.78 Å². The molecule has 1 saturated heterocycles. The van der Waals surface area contributed by atoms with Crippen molar-refractivity contribution in [1.82, 2.24) is 0 Å². The van der Waals surface area contributed by atoms with Crippen LogP contribution in [-0.4, -0.2) is 32.0 Å². The molecule has 1 aromatic carbocycles. The predicted octanol–water partition coefficient (Wildman–Crippen LogP) is 1.53. The number of Topliss-reactive ketones (excluding diaryl/α,β-unsaturated/α-hetero) is 1. The summed E-state index contributed by atoms with van der Waals surface area (Å²) in [5.41, 5.74) is 0.183. The molecule has 1 aliphatic rings. The van der Waals surface area contributed by atoms with Gasteiger partial charge in [-0.25, -0.2) is 8.78 Å². The van der Waals surface area contributed by atoms with E-state index in [-0.39, 0.29) is 24.4 Å². The van der Waals surface area contributed by atoms with Crippen molar-refractivity contribution in [3.05, 3.63) is 29.8 Å². The summed E-state index contributed by atoms with van der Waals surface area (Å²) in [5, 5.41) is 0. The lowest BCUT2D eigenvalue weighted by Crippen LogP contribution is -2.45. The summed E-state index contributed by atoms with van der Waals surface area (Å²) in [7, 11) is 1.20. The van der Waals surface area contributed by atoms with E-state index in [0.29, 0.717) is 6.54 Å². The van der Waals surface area contributed by atoms with Gasteiger partial charge in [-0.3, -0.25) is 9.59 Å². The minimum atomic E-state index is -0.914. The fourth-order valence-electron chi connectivity index (χ4n) is 2.14. The van der Waals surface area contributed by atoms with Crippen molar-refractivity contribution in [2.24, 2.45) is 5.92 Å². The van der Waals surface area contributed by atoms with Crippen molar-refractivity contribution in [2.45, 2.75) is 6.42 Å². The van der Waals surface area contributed by atoms with Crippen LogP contribution in [0.5, 0.6) is 0 Å². The van der Waals surface area contributed by atoms with Gasteiger partial charge in [0.05, 0.1) is 12.8 Å². The SMILES string of the molecule is COC(=O)C1CN(c2ccc(F)cc2F)CCC1=O. The summed E-state index contributed by atoms with van der Waals surface area (Å²) >= 11 is 0. The van der Waals surface area contributed by atoms with E-state index in [2.05, 4.69) is 4.74 Å².